The number of hydrogen-bond donors (Lipinski definition) is 2. The Morgan fingerprint density at radius 1 is 1.32 bits per heavy atom. The van der Waals surface area contributed by atoms with Gasteiger partial charge in [-0.3, -0.25) is 4.79 Å². The van der Waals surface area contributed by atoms with E-state index in [-0.39, 0.29) is 5.91 Å². The van der Waals surface area contributed by atoms with Crippen LogP contribution in [0.15, 0.2) is 24.3 Å². The van der Waals surface area contributed by atoms with Crippen molar-refractivity contribution in [2.24, 2.45) is 5.73 Å². The molecule has 19 heavy (non-hydrogen) atoms. The van der Waals surface area contributed by atoms with Gasteiger partial charge in [0.25, 0.3) is 0 Å². The van der Waals surface area contributed by atoms with E-state index in [0.29, 0.717) is 13.2 Å². The monoisotopic (exact) mass is 264 g/mol. The first kappa shape index (κ1) is 15.7. The number of amides is 1. The summed E-state index contributed by atoms with van der Waals surface area (Å²) < 4.78 is 5.37. The van der Waals surface area contributed by atoms with Gasteiger partial charge >= 0.3 is 0 Å². The number of carbonyl (C=O) groups is 1. The quantitative estimate of drug-likeness (QED) is 0.705. The Balaban J connectivity index is 2.27. The second-order valence-electron chi connectivity index (χ2n) is 4.65. The van der Waals surface area contributed by atoms with Gasteiger partial charge in [0.1, 0.15) is 6.04 Å². The highest BCUT2D eigenvalue weighted by atomic mass is 16.5. The SMILES string of the molecule is CCCCOCCNC(=O)C(N)c1ccc(C)cc1. The van der Waals surface area contributed by atoms with Crippen LogP contribution in [0.25, 0.3) is 0 Å². The highest BCUT2D eigenvalue weighted by Gasteiger charge is 2.14. The molecular weight excluding hydrogens is 240 g/mol. The van der Waals surface area contributed by atoms with Gasteiger partial charge in [-0.1, -0.05) is 43.2 Å². The Morgan fingerprint density at radius 3 is 2.63 bits per heavy atom. The Labute approximate surface area is 115 Å². The highest BCUT2D eigenvalue weighted by Crippen LogP contribution is 2.11. The second-order valence-corrected chi connectivity index (χ2v) is 4.65. The standard InChI is InChI=1S/C15H24N2O2/c1-3-4-10-19-11-9-17-15(18)14(16)13-7-5-12(2)6-8-13/h5-8,14H,3-4,9-11,16H2,1-2H3,(H,17,18). The summed E-state index contributed by atoms with van der Waals surface area (Å²) in [6.45, 7) is 5.90. The lowest BCUT2D eigenvalue weighted by Crippen LogP contribution is -2.36. The first-order valence-corrected chi connectivity index (χ1v) is 6.82. The van der Waals surface area contributed by atoms with Crippen LogP contribution in [-0.4, -0.2) is 25.7 Å². The maximum atomic E-state index is 11.8. The second kappa shape index (κ2) is 8.67. The highest BCUT2D eigenvalue weighted by molar-refractivity contribution is 5.82. The Kier molecular flexibility index (Phi) is 7.15. The molecule has 106 valence electrons. The average Bonchev–Trinajstić information content (AvgIpc) is 2.42. The van der Waals surface area contributed by atoms with Gasteiger partial charge < -0.3 is 15.8 Å². The van der Waals surface area contributed by atoms with Crippen LogP contribution in [0.5, 0.6) is 0 Å². The zero-order valence-electron chi connectivity index (χ0n) is 11.8. The molecule has 0 heterocycles. The predicted molar refractivity (Wildman–Crippen MR) is 76.8 cm³/mol. The van der Waals surface area contributed by atoms with Gasteiger partial charge in [0.15, 0.2) is 0 Å². The molecule has 0 spiro atoms. The fraction of sp³-hybridized carbons (Fsp3) is 0.533. The van der Waals surface area contributed by atoms with Crippen LogP contribution in [0.4, 0.5) is 0 Å². The summed E-state index contributed by atoms with van der Waals surface area (Å²) in [5, 5.41) is 2.78. The summed E-state index contributed by atoms with van der Waals surface area (Å²) in [6.07, 6.45) is 2.17. The Bertz CT molecular complexity index is 376. The minimum absolute atomic E-state index is 0.164. The van der Waals surface area contributed by atoms with Gasteiger partial charge in [0, 0.05) is 13.2 Å². The largest absolute Gasteiger partial charge is 0.380 e. The number of nitrogens with two attached hydrogens (primary N) is 1. The van der Waals surface area contributed by atoms with Crippen LogP contribution >= 0.6 is 0 Å². The molecule has 1 aromatic rings. The zero-order valence-corrected chi connectivity index (χ0v) is 11.8. The van der Waals surface area contributed by atoms with Crippen LogP contribution in [0.1, 0.15) is 36.9 Å². The van der Waals surface area contributed by atoms with Crippen molar-refractivity contribution in [3.63, 3.8) is 0 Å². The molecular formula is C15H24N2O2. The lowest BCUT2D eigenvalue weighted by atomic mass is 10.1. The number of aryl methyl sites for hydroxylation is 1. The number of ether oxygens (including phenoxy) is 1. The number of nitrogens with one attached hydrogen (secondary N) is 1. The van der Waals surface area contributed by atoms with Crippen LogP contribution in [0, 0.1) is 6.92 Å². The molecule has 0 aliphatic rings. The minimum Gasteiger partial charge on any atom is -0.380 e. The minimum atomic E-state index is -0.615. The normalized spacial score (nSPS) is 12.2. The molecule has 0 aliphatic carbocycles. The number of unbranched alkanes of at least 4 members (excludes halogenated alkanes) is 1. The first-order valence-electron chi connectivity index (χ1n) is 6.82. The van der Waals surface area contributed by atoms with Gasteiger partial charge in [-0.25, -0.2) is 0 Å². The molecule has 4 heteroatoms. The van der Waals surface area contributed by atoms with E-state index in [1.165, 1.54) is 0 Å². The number of benzene rings is 1. The number of hydrogen-bond acceptors (Lipinski definition) is 3. The molecule has 3 N–H and O–H groups in total. The van der Waals surface area contributed by atoms with Gasteiger partial charge in [-0.05, 0) is 18.9 Å². The van der Waals surface area contributed by atoms with Crippen molar-refractivity contribution in [2.75, 3.05) is 19.8 Å². The smallest absolute Gasteiger partial charge is 0.241 e. The van der Waals surface area contributed by atoms with E-state index < -0.39 is 6.04 Å². The van der Waals surface area contributed by atoms with Crippen molar-refractivity contribution < 1.29 is 9.53 Å². The summed E-state index contributed by atoms with van der Waals surface area (Å²) in [4.78, 5) is 11.8. The first-order chi connectivity index (χ1) is 9.15. The Hall–Kier alpha value is -1.39. The third kappa shape index (κ3) is 5.85. The van der Waals surface area contributed by atoms with E-state index in [0.717, 1.165) is 30.6 Å². The van der Waals surface area contributed by atoms with Crippen LogP contribution in [0.3, 0.4) is 0 Å². The van der Waals surface area contributed by atoms with Crippen molar-refractivity contribution in [1.82, 2.24) is 5.32 Å². The van der Waals surface area contributed by atoms with Gasteiger partial charge in [-0.2, -0.15) is 0 Å². The number of carbonyl (C=O) groups excluding carboxylic acids is 1. The number of rotatable bonds is 8. The van der Waals surface area contributed by atoms with Crippen molar-refractivity contribution in [1.29, 1.82) is 0 Å². The lowest BCUT2D eigenvalue weighted by molar-refractivity contribution is -0.122. The molecule has 0 bridgehead atoms. The fourth-order valence-electron chi connectivity index (χ4n) is 1.63. The topological polar surface area (TPSA) is 64.3 Å². The summed E-state index contributed by atoms with van der Waals surface area (Å²) in [7, 11) is 0. The summed E-state index contributed by atoms with van der Waals surface area (Å²) in [5.74, 6) is -0.164. The molecule has 1 atom stereocenters. The van der Waals surface area contributed by atoms with E-state index >= 15 is 0 Å². The summed E-state index contributed by atoms with van der Waals surface area (Å²) >= 11 is 0. The third-order valence-electron chi connectivity index (χ3n) is 2.91. The van der Waals surface area contributed by atoms with Crippen LogP contribution in [0.2, 0.25) is 0 Å². The van der Waals surface area contributed by atoms with Crippen LogP contribution < -0.4 is 11.1 Å². The summed E-state index contributed by atoms with van der Waals surface area (Å²) in [5.41, 5.74) is 7.88. The van der Waals surface area contributed by atoms with Crippen molar-refractivity contribution in [3.05, 3.63) is 35.4 Å². The van der Waals surface area contributed by atoms with E-state index in [4.69, 9.17) is 10.5 Å². The van der Waals surface area contributed by atoms with E-state index in [9.17, 15) is 4.79 Å². The molecule has 1 rings (SSSR count). The van der Waals surface area contributed by atoms with E-state index in [1.807, 2.05) is 31.2 Å². The van der Waals surface area contributed by atoms with Gasteiger partial charge in [0.05, 0.1) is 6.61 Å². The van der Waals surface area contributed by atoms with E-state index in [2.05, 4.69) is 12.2 Å². The van der Waals surface area contributed by atoms with Crippen LogP contribution in [-0.2, 0) is 9.53 Å². The Morgan fingerprint density at radius 2 is 2.00 bits per heavy atom. The van der Waals surface area contributed by atoms with Gasteiger partial charge in [0.2, 0.25) is 5.91 Å². The molecule has 0 aliphatic heterocycles. The molecule has 1 aromatic carbocycles. The molecule has 0 radical (unpaired) electrons. The van der Waals surface area contributed by atoms with Crippen molar-refractivity contribution >= 4 is 5.91 Å². The third-order valence-corrected chi connectivity index (χ3v) is 2.91. The predicted octanol–water partition coefficient (Wildman–Crippen LogP) is 1.93. The molecule has 0 saturated carbocycles. The van der Waals surface area contributed by atoms with E-state index in [1.54, 1.807) is 0 Å². The lowest BCUT2D eigenvalue weighted by Gasteiger charge is -2.13. The molecule has 4 nitrogen and oxygen atoms in total. The molecule has 1 amide bonds. The molecule has 0 saturated heterocycles. The van der Waals surface area contributed by atoms with Crippen molar-refractivity contribution in [3.8, 4) is 0 Å². The fourth-order valence-corrected chi connectivity index (χ4v) is 1.63. The van der Waals surface area contributed by atoms with Crippen molar-refractivity contribution in [2.45, 2.75) is 32.7 Å². The summed E-state index contributed by atoms with van der Waals surface area (Å²) in [6, 6.07) is 7.07. The molecule has 0 aromatic heterocycles. The zero-order chi connectivity index (χ0) is 14.1. The molecule has 1 unspecified atom stereocenters. The van der Waals surface area contributed by atoms with Gasteiger partial charge in [-0.15, -0.1) is 0 Å². The average molecular weight is 264 g/mol. The molecule has 0 fully saturated rings. The maximum absolute atomic E-state index is 11.8. The maximum Gasteiger partial charge on any atom is 0.241 e.